The van der Waals surface area contributed by atoms with Gasteiger partial charge in [-0.25, -0.2) is 4.79 Å². The van der Waals surface area contributed by atoms with Crippen molar-refractivity contribution in [3.63, 3.8) is 0 Å². The fourth-order valence-corrected chi connectivity index (χ4v) is 3.78. The van der Waals surface area contributed by atoms with E-state index >= 15 is 0 Å². The van der Waals surface area contributed by atoms with Crippen molar-refractivity contribution in [3.05, 3.63) is 57.2 Å². The molecule has 0 bridgehead atoms. The van der Waals surface area contributed by atoms with Gasteiger partial charge in [-0.2, -0.15) is 0 Å². The van der Waals surface area contributed by atoms with E-state index in [0.717, 1.165) is 23.3 Å². The van der Waals surface area contributed by atoms with Crippen molar-refractivity contribution < 1.29 is 9.59 Å². The second-order valence-electron chi connectivity index (χ2n) is 6.21. The number of nitrogens with one attached hydrogen (secondary N) is 2. The molecule has 7 heteroatoms. The fraction of sp³-hybridized carbons (Fsp3) is 0.333. The van der Waals surface area contributed by atoms with Crippen LogP contribution in [0.1, 0.15) is 41.8 Å². The van der Waals surface area contributed by atoms with Gasteiger partial charge in [0.05, 0.1) is 18.5 Å². The Bertz CT molecular complexity index is 729. The third-order valence-electron chi connectivity index (χ3n) is 4.23. The molecule has 2 unspecified atom stereocenters. The van der Waals surface area contributed by atoms with Crippen LogP contribution in [0.3, 0.4) is 0 Å². The van der Waals surface area contributed by atoms with Crippen molar-refractivity contribution in [2.45, 2.75) is 31.3 Å². The van der Waals surface area contributed by atoms with E-state index in [9.17, 15) is 9.59 Å². The summed E-state index contributed by atoms with van der Waals surface area (Å²) in [5, 5.41) is 8.34. The first kappa shape index (κ1) is 17.8. The number of thiophene rings is 1. The van der Waals surface area contributed by atoms with E-state index in [1.807, 2.05) is 41.8 Å². The first-order valence-corrected chi connectivity index (χ1v) is 9.43. The van der Waals surface area contributed by atoms with Crippen LogP contribution in [0, 0.1) is 5.92 Å². The van der Waals surface area contributed by atoms with Crippen molar-refractivity contribution in [2.75, 3.05) is 0 Å². The molecule has 1 aliphatic rings. The molecule has 1 fully saturated rings. The minimum atomic E-state index is -0.636. The second kappa shape index (κ2) is 7.89. The molecule has 1 aromatic carbocycles. The molecule has 4 N–H and O–H groups in total. The molecule has 1 aliphatic carbocycles. The predicted octanol–water partition coefficient (Wildman–Crippen LogP) is 3.77. The minimum Gasteiger partial charge on any atom is -0.352 e. The van der Waals surface area contributed by atoms with Gasteiger partial charge in [0.2, 0.25) is 5.91 Å². The average Bonchev–Trinajstić information content (AvgIpc) is 3.26. The molecule has 3 rings (SSSR count). The summed E-state index contributed by atoms with van der Waals surface area (Å²) in [4.78, 5) is 24.7. The minimum absolute atomic E-state index is 0.0256. The van der Waals surface area contributed by atoms with Crippen LogP contribution in [0.25, 0.3) is 0 Å². The lowest BCUT2D eigenvalue weighted by molar-refractivity contribution is -0.122. The molecule has 1 heterocycles. The van der Waals surface area contributed by atoms with Gasteiger partial charge in [-0.1, -0.05) is 29.8 Å². The highest BCUT2D eigenvalue weighted by atomic mass is 35.5. The second-order valence-corrected chi connectivity index (χ2v) is 7.63. The molecule has 0 aliphatic heterocycles. The molecule has 0 saturated heterocycles. The molecule has 0 spiro atoms. The van der Waals surface area contributed by atoms with Gasteiger partial charge in [-0.3, -0.25) is 4.79 Å². The van der Waals surface area contributed by atoms with Crippen molar-refractivity contribution in [1.29, 1.82) is 0 Å². The maximum absolute atomic E-state index is 12.6. The van der Waals surface area contributed by atoms with E-state index in [2.05, 4.69) is 10.6 Å². The summed E-state index contributed by atoms with van der Waals surface area (Å²) < 4.78 is 0. The Balaban J connectivity index is 1.68. The molecule has 3 amide bonds. The number of hydrogen-bond acceptors (Lipinski definition) is 3. The molecule has 2 aromatic rings. The SMILES string of the molecule is NC(=O)NC(CC(=O)NC(c1ccc(Cl)cc1)C1CC1)c1cccs1. The predicted molar refractivity (Wildman–Crippen MR) is 99.5 cm³/mol. The Morgan fingerprint density at radius 2 is 1.92 bits per heavy atom. The number of benzene rings is 1. The average molecular weight is 378 g/mol. The normalized spacial score (nSPS) is 16.0. The maximum Gasteiger partial charge on any atom is 0.312 e. The number of nitrogens with two attached hydrogens (primary N) is 1. The lowest BCUT2D eigenvalue weighted by atomic mass is 10.0. The van der Waals surface area contributed by atoms with Gasteiger partial charge in [0.25, 0.3) is 0 Å². The molecule has 2 atom stereocenters. The fourth-order valence-electron chi connectivity index (χ4n) is 2.87. The largest absolute Gasteiger partial charge is 0.352 e. The standard InChI is InChI=1S/C18H20ClN3O2S/c19-13-7-5-12(6-8-13)17(11-3-4-11)22-16(23)10-14(21-18(20)24)15-2-1-9-25-15/h1-2,5-9,11,14,17H,3-4,10H2,(H,22,23)(H3,20,21,24). The van der Waals surface area contributed by atoms with Crippen LogP contribution in [-0.4, -0.2) is 11.9 Å². The number of carbonyl (C=O) groups is 2. The molecule has 1 saturated carbocycles. The van der Waals surface area contributed by atoms with E-state index < -0.39 is 12.1 Å². The highest BCUT2D eigenvalue weighted by molar-refractivity contribution is 7.10. The van der Waals surface area contributed by atoms with Gasteiger partial charge < -0.3 is 16.4 Å². The number of urea groups is 1. The number of amides is 3. The third kappa shape index (κ3) is 4.96. The topological polar surface area (TPSA) is 84.2 Å². The van der Waals surface area contributed by atoms with Crippen LogP contribution in [0.4, 0.5) is 4.79 Å². The van der Waals surface area contributed by atoms with Crippen LogP contribution >= 0.6 is 22.9 Å². The van der Waals surface area contributed by atoms with Crippen molar-refractivity contribution >= 4 is 34.9 Å². The molecule has 132 valence electrons. The van der Waals surface area contributed by atoms with Crippen LogP contribution in [0.15, 0.2) is 41.8 Å². The summed E-state index contributed by atoms with van der Waals surface area (Å²) >= 11 is 7.44. The molecule has 25 heavy (non-hydrogen) atoms. The van der Waals surface area contributed by atoms with Crippen molar-refractivity contribution in [3.8, 4) is 0 Å². The van der Waals surface area contributed by atoms with E-state index in [-0.39, 0.29) is 18.4 Å². The molecular formula is C18H20ClN3O2S. The molecule has 5 nitrogen and oxygen atoms in total. The highest BCUT2D eigenvalue weighted by Crippen LogP contribution is 2.41. The summed E-state index contributed by atoms with van der Waals surface area (Å²) in [6.07, 6.45) is 2.35. The van der Waals surface area contributed by atoms with Gasteiger partial charge in [0, 0.05) is 9.90 Å². The first-order valence-electron chi connectivity index (χ1n) is 8.17. The lowest BCUT2D eigenvalue weighted by Gasteiger charge is -2.21. The number of carbonyl (C=O) groups excluding carboxylic acids is 2. The van der Waals surface area contributed by atoms with E-state index in [1.54, 1.807) is 0 Å². The summed E-state index contributed by atoms with van der Waals surface area (Å²) in [6, 6.07) is 10.3. The van der Waals surface area contributed by atoms with Crippen molar-refractivity contribution in [1.82, 2.24) is 10.6 Å². The quantitative estimate of drug-likeness (QED) is 0.686. The smallest absolute Gasteiger partial charge is 0.312 e. The Hall–Kier alpha value is -2.05. The number of primary amides is 1. The number of rotatable bonds is 7. The third-order valence-corrected chi connectivity index (χ3v) is 5.47. The van der Waals surface area contributed by atoms with E-state index in [4.69, 9.17) is 17.3 Å². The molecule has 1 aromatic heterocycles. The summed E-state index contributed by atoms with van der Waals surface area (Å²) in [5.41, 5.74) is 6.30. The summed E-state index contributed by atoms with van der Waals surface area (Å²) in [6.45, 7) is 0. The molecular weight excluding hydrogens is 358 g/mol. The van der Waals surface area contributed by atoms with Gasteiger partial charge in [-0.15, -0.1) is 11.3 Å². The zero-order valence-corrected chi connectivity index (χ0v) is 15.1. The van der Waals surface area contributed by atoms with E-state index in [0.29, 0.717) is 10.9 Å². The summed E-state index contributed by atoms with van der Waals surface area (Å²) in [7, 11) is 0. The highest BCUT2D eigenvalue weighted by Gasteiger charge is 2.33. The van der Waals surface area contributed by atoms with Gasteiger partial charge in [0.15, 0.2) is 0 Å². The Morgan fingerprint density at radius 1 is 1.20 bits per heavy atom. The zero-order valence-electron chi connectivity index (χ0n) is 13.6. The van der Waals surface area contributed by atoms with Crippen LogP contribution in [0.5, 0.6) is 0 Å². The van der Waals surface area contributed by atoms with Gasteiger partial charge >= 0.3 is 6.03 Å². The molecule has 0 radical (unpaired) electrons. The van der Waals surface area contributed by atoms with Crippen LogP contribution in [-0.2, 0) is 4.79 Å². The van der Waals surface area contributed by atoms with Gasteiger partial charge in [-0.05, 0) is 47.9 Å². The Morgan fingerprint density at radius 3 is 2.48 bits per heavy atom. The lowest BCUT2D eigenvalue weighted by Crippen LogP contribution is -2.37. The maximum atomic E-state index is 12.6. The number of halogens is 1. The van der Waals surface area contributed by atoms with Crippen molar-refractivity contribution in [2.24, 2.45) is 11.7 Å². The van der Waals surface area contributed by atoms with E-state index in [1.165, 1.54) is 11.3 Å². The first-order chi connectivity index (χ1) is 12.0. The number of hydrogen-bond donors (Lipinski definition) is 3. The van der Waals surface area contributed by atoms with Crippen LogP contribution < -0.4 is 16.4 Å². The monoisotopic (exact) mass is 377 g/mol. The zero-order chi connectivity index (χ0) is 17.8. The van der Waals surface area contributed by atoms with Crippen LogP contribution in [0.2, 0.25) is 5.02 Å². The Kier molecular flexibility index (Phi) is 5.60. The summed E-state index contributed by atoms with van der Waals surface area (Å²) in [5.74, 6) is 0.341. The Labute approximate surface area is 155 Å². The van der Waals surface area contributed by atoms with Gasteiger partial charge in [0.1, 0.15) is 0 Å².